The fraction of sp³-hybridized carbons (Fsp3) is 0.292. The number of carbonyl (C=O) groups excluding carboxylic acids is 2. The summed E-state index contributed by atoms with van der Waals surface area (Å²) in [6, 6.07) is 5.16. The van der Waals surface area contributed by atoms with Crippen molar-refractivity contribution in [3.05, 3.63) is 62.8 Å². The van der Waals surface area contributed by atoms with E-state index in [4.69, 9.17) is 14.2 Å². The fourth-order valence-corrected chi connectivity index (χ4v) is 3.65. The van der Waals surface area contributed by atoms with Crippen molar-refractivity contribution in [2.45, 2.75) is 26.1 Å². The third kappa shape index (κ3) is 6.84. The molecular weight excluding hydrogens is 518 g/mol. The average Bonchev–Trinajstić information content (AvgIpc) is 2.88. The van der Waals surface area contributed by atoms with Gasteiger partial charge in [0.1, 0.15) is 12.4 Å². The summed E-state index contributed by atoms with van der Waals surface area (Å²) >= 11 is 0. The van der Waals surface area contributed by atoms with E-state index in [9.17, 15) is 35.0 Å². The summed E-state index contributed by atoms with van der Waals surface area (Å²) in [5.41, 5.74) is 2.73. The first-order valence-electron chi connectivity index (χ1n) is 11.5. The number of hydrogen-bond acceptors (Lipinski definition) is 12. The number of amides is 2. The van der Waals surface area contributed by atoms with Gasteiger partial charge in [0.25, 0.3) is 0 Å². The molecule has 0 saturated heterocycles. The maximum atomic E-state index is 12.4. The summed E-state index contributed by atoms with van der Waals surface area (Å²) in [5.74, 6) is -1.25. The van der Waals surface area contributed by atoms with E-state index in [1.807, 2.05) is 0 Å². The van der Waals surface area contributed by atoms with Gasteiger partial charge in [-0.2, -0.15) is 5.10 Å². The Morgan fingerprint density at radius 3 is 2.64 bits per heavy atom. The van der Waals surface area contributed by atoms with Crippen LogP contribution in [0.25, 0.3) is 0 Å². The van der Waals surface area contributed by atoms with E-state index in [1.165, 1.54) is 7.11 Å². The number of ether oxygens (including phenoxy) is 3. The van der Waals surface area contributed by atoms with E-state index in [0.717, 1.165) is 18.3 Å². The smallest absolute Gasteiger partial charge is 0.337 e. The van der Waals surface area contributed by atoms with Gasteiger partial charge in [-0.05, 0) is 31.5 Å². The van der Waals surface area contributed by atoms with Crippen molar-refractivity contribution in [1.82, 2.24) is 16.1 Å². The molecule has 1 aliphatic rings. The summed E-state index contributed by atoms with van der Waals surface area (Å²) in [7, 11) is 1.24. The number of allylic oxidation sites excluding steroid dienone is 1. The quantitative estimate of drug-likeness (QED) is 0.0782. The molecule has 0 aromatic heterocycles. The molecule has 0 saturated carbocycles. The van der Waals surface area contributed by atoms with Gasteiger partial charge in [-0.15, -0.1) is 0 Å². The third-order valence-corrected chi connectivity index (χ3v) is 5.42. The number of nitrogens with one attached hydrogen (secondary N) is 3. The van der Waals surface area contributed by atoms with Crippen molar-refractivity contribution >= 4 is 23.9 Å². The Hall–Kier alpha value is -5.05. The topological polar surface area (TPSA) is 214 Å². The first-order valence-corrected chi connectivity index (χ1v) is 11.5. The molecule has 0 spiro atoms. The molecule has 208 valence electrons. The number of benzene rings is 2. The highest BCUT2D eigenvalue weighted by Gasteiger charge is 2.32. The summed E-state index contributed by atoms with van der Waals surface area (Å²) in [6.07, 6.45) is -0.322. The second kappa shape index (κ2) is 12.5. The van der Waals surface area contributed by atoms with Crippen LogP contribution < -0.4 is 25.5 Å². The Bertz CT molecular complexity index is 1330. The lowest BCUT2D eigenvalue weighted by molar-refractivity contribution is -0.385. The van der Waals surface area contributed by atoms with Crippen LogP contribution in [0.5, 0.6) is 23.0 Å². The van der Waals surface area contributed by atoms with Gasteiger partial charge >= 0.3 is 17.7 Å². The lowest BCUT2D eigenvalue weighted by Gasteiger charge is -2.28. The normalized spacial score (nSPS) is 15.8. The van der Waals surface area contributed by atoms with Gasteiger partial charge < -0.3 is 40.2 Å². The molecule has 0 aliphatic carbocycles. The lowest BCUT2D eigenvalue weighted by atomic mass is 9.95. The summed E-state index contributed by atoms with van der Waals surface area (Å²) in [4.78, 5) is 34.5. The number of methoxy groups -OCH3 is 1. The molecule has 3 rings (SSSR count). The van der Waals surface area contributed by atoms with Crippen LogP contribution in [0.2, 0.25) is 0 Å². The number of carbonyl (C=O) groups is 2. The lowest BCUT2D eigenvalue weighted by Crippen LogP contribution is -2.45. The molecule has 1 aliphatic heterocycles. The van der Waals surface area contributed by atoms with E-state index in [-0.39, 0.29) is 35.8 Å². The van der Waals surface area contributed by atoms with Crippen LogP contribution >= 0.6 is 0 Å². The number of urea groups is 1. The van der Waals surface area contributed by atoms with Crippen LogP contribution in [0.1, 0.15) is 31.0 Å². The van der Waals surface area contributed by atoms with Gasteiger partial charge in [-0.25, -0.2) is 9.59 Å². The van der Waals surface area contributed by atoms with E-state index in [2.05, 4.69) is 21.2 Å². The predicted molar refractivity (Wildman–Crippen MR) is 135 cm³/mol. The van der Waals surface area contributed by atoms with E-state index in [1.54, 1.807) is 32.0 Å². The molecule has 0 bridgehead atoms. The monoisotopic (exact) mass is 545 g/mol. The highest BCUT2D eigenvalue weighted by Crippen LogP contribution is 2.35. The number of phenols is 2. The standard InChI is InChI=1S/C24H27N5O10/c1-4-38-19-8-13(22-21(23(33)37-3)12(2)26-24(34)27-22)5-6-18(19)39-11-20(32)28-25-10-14-7-15(29(35)36)17(31)9-16(14)30/h5-10,20,22,28,30-32H,4,11H2,1-3H3,(H2,26,27,34)/b25-10-/t20-,22+/m1/s1. The highest BCUT2D eigenvalue weighted by atomic mass is 16.6. The number of nitrogens with zero attached hydrogens (tertiary/aromatic N) is 2. The zero-order valence-electron chi connectivity index (χ0n) is 21.1. The minimum absolute atomic E-state index is 0.0741. The van der Waals surface area contributed by atoms with Gasteiger partial charge in [0.2, 0.25) is 0 Å². The minimum atomic E-state index is -1.34. The zero-order chi connectivity index (χ0) is 28.7. The first kappa shape index (κ1) is 28.5. The maximum absolute atomic E-state index is 12.4. The van der Waals surface area contributed by atoms with Crippen LogP contribution in [0.3, 0.4) is 0 Å². The Kier molecular flexibility index (Phi) is 9.11. The van der Waals surface area contributed by atoms with Gasteiger partial charge in [-0.1, -0.05) is 6.07 Å². The van der Waals surface area contributed by atoms with Crippen molar-refractivity contribution in [2.24, 2.45) is 5.10 Å². The Balaban J connectivity index is 1.72. The second-order valence-corrected chi connectivity index (χ2v) is 8.07. The molecule has 15 nitrogen and oxygen atoms in total. The third-order valence-electron chi connectivity index (χ3n) is 5.42. The summed E-state index contributed by atoms with van der Waals surface area (Å²) in [6.45, 7) is 3.29. The SMILES string of the molecule is CCOc1cc([C@@H]2NC(=O)NC(C)=C2C(=O)OC)ccc1OC[C@@H](O)N/N=C\c1cc([N+](=O)[O-])c(O)cc1O. The van der Waals surface area contributed by atoms with Crippen LogP contribution in [-0.2, 0) is 9.53 Å². The van der Waals surface area contributed by atoms with Crippen molar-refractivity contribution in [1.29, 1.82) is 0 Å². The molecular formula is C24H27N5O10. The van der Waals surface area contributed by atoms with Crippen LogP contribution in [0.4, 0.5) is 10.5 Å². The molecule has 2 aromatic rings. The van der Waals surface area contributed by atoms with Crippen molar-refractivity contribution in [3.63, 3.8) is 0 Å². The number of rotatable bonds is 11. The molecule has 0 unspecified atom stereocenters. The summed E-state index contributed by atoms with van der Waals surface area (Å²) < 4.78 is 16.1. The van der Waals surface area contributed by atoms with Gasteiger partial charge in [0.05, 0.1) is 36.5 Å². The molecule has 0 fully saturated rings. The number of hydrogen-bond donors (Lipinski definition) is 6. The summed E-state index contributed by atoms with van der Waals surface area (Å²) in [5, 5.41) is 49.5. The predicted octanol–water partition coefficient (Wildman–Crippen LogP) is 1.53. The van der Waals surface area contributed by atoms with E-state index < -0.39 is 46.4 Å². The molecule has 15 heteroatoms. The Labute approximate surface area is 221 Å². The number of nitro benzene ring substituents is 1. The number of aliphatic hydroxyl groups is 1. The highest BCUT2D eigenvalue weighted by molar-refractivity contribution is 5.95. The number of hydrazone groups is 1. The number of esters is 1. The van der Waals surface area contributed by atoms with Crippen molar-refractivity contribution < 1.29 is 44.0 Å². The van der Waals surface area contributed by atoms with E-state index >= 15 is 0 Å². The molecule has 39 heavy (non-hydrogen) atoms. The Morgan fingerprint density at radius 1 is 1.23 bits per heavy atom. The molecule has 6 N–H and O–H groups in total. The Morgan fingerprint density at radius 2 is 1.97 bits per heavy atom. The van der Waals surface area contributed by atoms with Gasteiger partial charge in [0, 0.05) is 23.4 Å². The van der Waals surface area contributed by atoms with Gasteiger partial charge in [0.15, 0.2) is 23.5 Å². The van der Waals surface area contributed by atoms with Crippen LogP contribution in [0.15, 0.2) is 46.7 Å². The number of aliphatic hydroxyl groups excluding tert-OH is 1. The average molecular weight is 546 g/mol. The maximum Gasteiger partial charge on any atom is 0.337 e. The number of nitro groups is 1. The molecule has 2 atom stereocenters. The van der Waals surface area contributed by atoms with Crippen LogP contribution in [0, 0.1) is 10.1 Å². The molecule has 0 radical (unpaired) electrons. The number of phenolic OH excluding ortho intramolecular Hbond substituents is 2. The molecule has 2 aromatic carbocycles. The fourth-order valence-electron chi connectivity index (χ4n) is 3.65. The zero-order valence-corrected chi connectivity index (χ0v) is 21.1. The largest absolute Gasteiger partial charge is 0.507 e. The second-order valence-electron chi connectivity index (χ2n) is 8.07. The van der Waals surface area contributed by atoms with Gasteiger partial charge in [-0.3, -0.25) is 15.5 Å². The van der Waals surface area contributed by atoms with Crippen molar-refractivity contribution in [3.8, 4) is 23.0 Å². The first-order chi connectivity index (χ1) is 18.5. The van der Waals surface area contributed by atoms with Crippen LogP contribution in [-0.4, -0.2) is 65.0 Å². The molecule has 2 amide bonds. The van der Waals surface area contributed by atoms with Crippen molar-refractivity contribution in [2.75, 3.05) is 20.3 Å². The number of aromatic hydroxyl groups is 2. The minimum Gasteiger partial charge on any atom is -0.507 e. The van der Waals surface area contributed by atoms with E-state index in [0.29, 0.717) is 11.3 Å². The molecule has 1 heterocycles.